The molecular weight excluding hydrogens is 425 g/mol. The van der Waals surface area contributed by atoms with Gasteiger partial charge in [0.1, 0.15) is 11.9 Å². The average Bonchev–Trinajstić information content (AvgIpc) is 3.10. The number of aromatic nitrogens is 1. The smallest absolute Gasteiger partial charge is 0.255 e. The molecule has 4 heterocycles. The third-order valence-electron chi connectivity index (χ3n) is 6.65. The zero-order chi connectivity index (χ0) is 23.1. The Bertz CT molecular complexity index is 1130. The Morgan fingerprint density at radius 1 is 1.09 bits per heavy atom. The summed E-state index contributed by atoms with van der Waals surface area (Å²) in [5.41, 5.74) is 4.07. The van der Waals surface area contributed by atoms with E-state index >= 15 is 0 Å². The summed E-state index contributed by atoms with van der Waals surface area (Å²) in [6.45, 7) is 6.12. The molecule has 5 rings (SSSR count). The summed E-state index contributed by atoms with van der Waals surface area (Å²) in [5, 5.41) is 2.30. The molecule has 8 nitrogen and oxygen atoms in total. The van der Waals surface area contributed by atoms with Crippen molar-refractivity contribution in [2.75, 3.05) is 31.1 Å². The van der Waals surface area contributed by atoms with Gasteiger partial charge in [-0.2, -0.15) is 0 Å². The van der Waals surface area contributed by atoms with Gasteiger partial charge in [-0.15, -0.1) is 0 Å². The maximum absolute atomic E-state index is 14.5. The van der Waals surface area contributed by atoms with E-state index in [-0.39, 0.29) is 31.2 Å². The van der Waals surface area contributed by atoms with E-state index in [2.05, 4.69) is 26.2 Å². The SMILES string of the molecule is Cc1cncc(CN2CCN(c3cc(F)cc4c3CN(C3CCC(=O)NC3=O)C4=O)CC2)c1. The number of halogens is 1. The van der Waals surface area contributed by atoms with Gasteiger partial charge >= 0.3 is 0 Å². The van der Waals surface area contributed by atoms with E-state index in [9.17, 15) is 18.8 Å². The zero-order valence-electron chi connectivity index (χ0n) is 18.5. The molecule has 3 aliphatic rings. The molecule has 0 bridgehead atoms. The number of nitrogens with one attached hydrogen (secondary N) is 1. The van der Waals surface area contributed by atoms with Crippen molar-refractivity contribution in [3.8, 4) is 0 Å². The van der Waals surface area contributed by atoms with Crippen LogP contribution in [0.2, 0.25) is 0 Å². The van der Waals surface area contributed by atoms with E-state index in [0.717, 1.165) is 30.8 Å². The molecule has 172 valence electrons. The molecule has 1 aromatic carbocycles. The first kappa shape index (κ1) is 21.5. The van der Waals surface area contributed by atoms with Crippen LogP contribution in [0.3, 0.4) is 0 Å². The lowest BCUT2D eigenvalue weighted by Gasteiger charge is -2.37. The number of imide groups is 1. The monoisotopic (exact) mass is 451 g/mol. The maximum atomic E-state index is 14.5. The Kier molecular flexibility index (Phi) is 5.57. The number of piperidine rings is 1. The van der Waals surface area contributed by atoms with Crippen LogP contribution in [0.25, 0.3) is 0 Å². The van der Waals surface area contributed by atoms with Gasteiger partial charge in [0.2, 0.25) is 11.8 Å². The normalized spacial score (nSPS) is 21.4. The Balaban J connectivity index is 1.31. The second-order valence-corrected chi connectivity index (χ2v) is 8.98. The maximum Gasteiger partial charge on any atom is 0.255 e. The highest BCUT2D eigenvalue weighted by Gasteiger charge is 2.41. The number of fused-ring (bicyclic) bond motifs is 1. The van der Waals surface area contributed by atoms with Crippen molar-refractivity contribution in [2.24, 2.45) is 0 Å². The molecule has 9 heteroatoms. The number of anilines is 1. The number of hydrogen-bond acceptors (Lipinski definition) is 6. The summed E-state index contributed by atoms with van der Waals surface area (Å²) in [6, 6.07) is 4.17. The van der Waals surface area contributed by atoms with Crippen molar-refractivity contribution < 1.29 is 18.8 Å². The van der Waals surface area contributed by atoms with Crippen LogP contribution >= 0.6 is 0 Å². The number of rotatable bonds is 4. The number of carbonyl (C=O) groups excluding carboxylic acids is 3. The number of benzene rings is 1. The molecule has 1 atom stereocenters. The van der Waals surface area contributed by atoms with E-state index in [0.29, 0.717) is 24.3 Å². The molecule has 2 saturated heterocycles. The molecule has 0 radical (unpaired) electrons. The summed E-state index contributed by atoms with van der Waals surface area (Å²) < 4.78 is 14.5. The molecule has 0 saturated carbocycles. The molecule has 2 aromatic rings. The van der Waals surface area contributed by atoms with Crippen LogP contribution in [0.15, 0.2) is 30.6 Å². The molecule has 3 amide bonds. The first-order valence-corrected chi connectivity index (χ1v) is 11.2. The van der Waals surface area contributed by atoms with Crippen LogP contribution in [-0.4, -0.2) is 64.7 Å². The third kappa shape index (κ3) is 4.20. The first-order valence-electron chi connectivity index (χ1n) is 11.2. The highest BCUT2D eigenvalue weighted by Crippen LogP contribution is 2.35. The number of aryl methyl sites for hydroxylation is 1. The van der Waals surface area contributed by atoms with Crippen LogP contribution in [0.4, 0.5) is 10.1 Å². The van der Waals surface area contributed by atoms with Crippen LogP contribution in [0.5, 0.6) is 0 Å². The highest BCUT2D eigenvalue weighted by molar-refractivity contribution is 6.06. The predicted molar refractivity (Wildman–Crippen MR) is 119 cm³/mol. The van der Waals surface area contributed by atoms with Crippen molar-refractivity contribution in [3.05, 3.63) is 58.7 Å². The number of piperazine rings is 1. The molecule has 0 spiro atoms. The van der Waals surface area contributed by atoms with Crippen molar-refractivity contribution >= 4 is 23.4 Å². The van der Waals surface area contributed by atoms with Gasteiger partial charge in [-0.25, -0.2) is 4.39 Å². The largest absolute Gasteiger partial charge is 0.369 e. The van der Waals surface area contributed by atoms with Crippen LogP contribution < -0.4 is 10.2 Å². The number of hydrogen-bond donors (Lipinski definition) is 1. The molecule has 1 N–H and O–H groups in total. The molecule has 0 aliphatic carbocycles. The molecule has 1 aromatic heterocycles. The molecule has 3 aliphatic heterocycles. The molecular formula is C24H26FN5O3. The first-order chi connectivity index (χ1) is 15.9. The van der Waals surface area contributed by atoms with Gasteiger partial charge in [0.05, 0.1) is 0 Å². The number of pyridine rings is 1. The van der Waals surface area contributed by atoms with Crippen LogP contribution in [0, 0.1) is 12.7 Å². The van der Waals surface area contributed by atoms with Gasteiger partial charge in [0.15, 0.2) is 0 Å². The fourth-order valence-electron chi connectivity index (χ4n) is 5.00. The topological polar surface area (TPSA) is 85.8 Å². The fourth-order valence-corrected chi connectivity index (χ4v) is 5.00. The van der Waals surface area contributed by atoms with Gasteiger partial charge < -0.3 is 9.80 Å². The molecule has 33 heavy (non-hydrogen) atoms. The van der Waals surface area contributed by atoms with E-state index in [1.165, 1.54) is 22.6 Å². The van der Waals surface area contributed by atoms with Gasteiger partial charge in [-0.05, 0) is 36.6 Å². The van der Waals surface area contributed by atoms with E-state index in [4.69, 9.17) is 0 Å². The van der Waals surface area contributed by atoms with Gasteiger partial charge in [-0.3, -0.25) is 29.6 Å². The average molecular weight is 452 g/mol. The highest BCUT2D eigenvalue weighted by atomic mass is 19.1. The van der Waals surface area contributed by atoms with Gasteiger partial charge in [0, 0.05) is 74.9 Å². The summed E-state index contributed by atoms with van der Waals surface area (Å²) in [5.74, 6) is -1.61. The lowest BCUT2D eigenvalue weighted by molar-refractivity contribution is -0.136. The number of carbonyl (C=O) groups is 3. The summed E-state index contributed by atoms with van der Waals surface area (Å²) in [7, 11) is 0. The Morgan fingerprint density at radius 3 is 2.61 bits per heavy atom. The third-order valence-corrected chi connectivity index (χ3v) is 6.65. The number of nitrogens with zero attached hydrogens (tertiary/aromatic N) is 4. The van der Waals surface area contributed by atoms with Crippen LogP contribution in [0.1, 0.15) is 39.9 Å². The Labute approximate surface area is 191 Å². The summed E-state index contributed by atoms with van der Waals surface area (Å²) >= 11 is 0. The summed E-state index contributed by atoms with van der Waals surface area (Å²) in [6.07, 6.45) is 4.20. The van der Waals surface area contributed by atoms with Crippen molar-refractivity contribution in [3.63, 3.8) is 0 Å². The van der Waals surface area contributed by atoms with Crippen molar-refractivity contribution in [1.29, 1.82) is 0 Å². The quantitative estimate of drug-likeness (QED) is 0.711. The van der Waals surface area contributed by atoms with E-state index in [1.54, 1.807) is 0 Å². The predicted octanol–water partition coefficient (Wildman–Crippen LogP) is 1.61. The van der Waals surface area contributed by atoms with Crippen molar-refractivity contribution in [1.82, 2.24) is 20.1 Å². The Hall–Kier alpha value is -3.33. The van der Waals surface area contributed by atoms with Crippen molar-refractivity contribution in [2.45, 2.75) is 38.9 Å². The standard InChI is InChI=1S/C24H26FN5O3/c1-15-8-16(12-26-11-15)13-28-4-6-29(7-5-28)21-10-17(25)9-18-19(21)14-30(24(18)33)20-2-3-22(31)27-23(20)32/h8-12,20H,2-7,13-14H2,1H3,(H,27,31,32). The minimum Gasteiger partial charge on any atom is -0.369 e. The Morgan fingerprint density at radius 2 is 1.88 bits per heavy atom. The van der Waals surface area contributed by atoms with Crippen LogP contribution in [-0.2, 0) is 22.7 Å². The zero-order valence-corrected chi connectivity index (χ0v) is 18.5. The minimum absolute atomic E-state index is 0.191. The van der Waals surface area contributed by atoms with E-state index < -0.39 is 17.8 Å². The van der Waals surface area contributed by atoms with Gasteiger partial charge in [-0.1, -0.05) is 6.07 Å². The second kappa shape index (κ2) is 8.55. The lowest BCUT2D eigenvalue weighted by atomic mass is 10.0. The lowest BCUT2D eigenvalue weighted by Crippen LogP contribution is -2.52. The molecule has 2 fully saturated rings. The number of amides is 3. The van der Waals surface area contributed by atoms with Gasteiger partial charge in [0.25, 0.3) is 5.91 Å². The fraction of sp³-hybridized carbons (Fsp3) is 0.417. The molecule has 1 unspecified atom stereocenters. The van der Waals surface area contributed by atoms with E-state index in [1.807, 2.05) is 19.3 Å². The summed E-state index contributed by atoms with van der Waals surface area (Å²) in [4.78, 5) is 47.1. The minimum atomic E-state index is -0.710. The second-order valence-electron chi connectivity index (χ2n) is 8.98.